The van der Waals surface area contributed by atoms with Crippen molar-refractivity contribution < 1.29 is 53.5 Å². The van der Waals surface area contributed by atoms with E-state index in [4.69, 9.17) is 0 Å². The molecular weight excluding hydrogens is 346 g/mol. The quantitative estimate of drug-likeness (QED) is 0.578. The van der Waals surface area contributed by atoms with Gasteiger partial charge in [-0.25, -0.2) is 0 Å². The average Bonchev–Trinajstić information content (AvgIpc) is 2.25. The van der Waals surface area contributed by atoms with E-state index in [1.165, 1.54) is 0 Å². The number of rotatable bonds is 2. The van der Waals surface area contributed by atoms with Gasteiger partial charge in [-0.2, -0.15) is 43.9 Å². The van der Waals surface area contributed by atoms with Gasteiger partial charge < -0.3 is 11.5 Å². The third-order valence-corrected chi connectivity index (χ3v) is 3.26. The summed E-state index contributed by atoms with van der Waals surface area (Å²) in [6.45, 7) is 0. The van der Waals surface area contributed by atoms with E-state index in [9.17, 15) is 53.5 Å². The third-order valence-electron chi connectivity index (χ3n) is 3.26. The largest absolute Gasteiger partial charge is 0.384 e. The Labute approximate surface area is 113 Å². The Hall–Kier alpha value is -1.76. The summed E-state index contributed by atoms with van der Waals surface area (Å²) in [7, 11) is 0. The van der Waals surface area contributed by atoms with Gasteiger partial charge >= 0.3 is 29.6 Å². The number of hydrogen-bond donors (Lipinski definition) is 2. The molecule has 2 amide bonds. The van der Waals surface area contributed by atoms with Crippen LogP contribution in [0, 0.1) is 5.41 Å². The van der Waals surface area contributed by atoms with Gasteiger partial charge in [-0.3, -0.25) is 9.59 Å². The SMILES string of the molecule is NC(=O)C1(C(N)=O)C(F)(F)C(F)(F)C(F)(F)C(F)(F)C1(F)F. The first kappa shape index (κ1) is 18.3. The van der Waals surface area contributed by atoms with Crippen LogP contribution in [0.5, 0.6) is 0 Å². The number of halogens is 10. The van der Waals surface area contributed by atoms with E-state index in [2.05, 4.69) is 11.5 Å². The number of nitrogens with two attached hydrogens (primary N) is 2. The first-order valence-electron chi connectivity index (χ1n) is 4.88. The van der Waals surface area contributed by atoms with Gasteiger partial charge in [0.05, 0.1) is 0 Å². The van der Waals surface area contributed by atoms with Crippen molar-refractivity contribution in [3.05, 3.63) is 0 Å². The Kier molecular flexibility index (Phi) is 3.29. The van der Waals surface area contributed by atoms with Crippen LogP contribution in [0.1, 0.15) is 0 Å². The molecule has 128 valence electrons. The first-order valence-corrected chi connectivity index (χ1v) is 4.88. The molecule has 4 N–H and O–H groups in total. The van der Waals surface area contributed by atoms with Crippen molar-refractivity contribution in [3.8, 4) is 0 Å². The maximum absolute atomic E-state index is 13.5. The highest BCUT2D eigenvalue weighted by Crippen LogP contribution is 2.71. The van der Waals surface area contributed by atoms with Crippen LogP contribution in [0.2, 0.25) is 0 Å². The van der Waals surface area contributed by atoms with Crippen LogP contribution in [0.25, 0.3) is 0 Å². The summed E-state index contributed by atoms with van der Waals surface area (Å²) in [6, 6.07) is 0. The molecule has 0 saturated heterocycles. The van der Waals surface area contributed by atoms with Crippen molar-refractivity contribution in [1.82, 2.24) is 0 Å². The molecule has 0 heterocycles. The molecule has 0 aromatic heterocycles. The summed E-state index contributed by atoms with van der Waals surface area (Å²) in [5.74, 6) is -42.6. The predicted octanol–water partition coefficient (Wildman–Crippen LogP) is 1.13. The van der Waals surface area contributed by atoms with Crippen LogP contribution in [-0.2, 0) is 9.59 Å². The fourth-order valence-corrected chi connectivity index (χ4v) is 2.00. The summed E-state index contributed by atoms with van der Waals surface area (Å²) >= 11 is 0. The highest BCUT2D eigenvalue weighted by molar-refractivity contribution is 6.07. The van der Waals surface area contributed by atoms with E-state index in [0.29, 0.717) is 0 Å². The van der Waals surface area contributed by atoms with Crippen molar-refractivity contribution in [2.75, 3.05) is 0 Å². The zero-order chi connectivity index (χ0) is 18.2. The molecule has 0 atom stereocenters. The number of carbonyl (C=O) groups excluding carboxylic acids is 2. The Morgan fingerprint density at radius 2 is 0.682 bits per heavy atom. The molecule has 0 radical (unpaired) electrons. The molecule has 0 aliphatic heterocycles. The van der Waals surface area contributed by atoms with Gasteiger partial charge in [0, 0.05) is 0 Å². The molecule has 0 aromatic rings. The zero-order valence-corrected chi connectivity index (χ0v) is 9.75. The molecule has 1 aliphatic carbocycles. The minimum absolute atomic E-state index is 3.41. The molecule has 1 fully saturated rings. The Bertz CT molecular complexity index is 497. The van der Waals surface area contributed by atoms with Gasteiger partial charge in [-0.15, -0.1) is 0 Å². The number of carbonyl (C=O) groups is 2. The first-order chi connectivity index (χ1) is 9.39. The number of hydrogen-bond acceptors (Lipinski definition) is 2. The maximum Gasteiger partial charge on any atom is 0.384 e. The molecule has 1 saturated carbocycles. The van der Waals surface area contributed by atoms with Gasteiger partial charge in [-0.1, -0.05) is 0 Å². The minimum Gasteiger partial charge on any atom is -0.368 e. The fraction of sp³-hybridized carbons (Fsp3) is 0.750. The van der Waals surface area contributed by atoms with Crippen molar-refractivity contribution in [2.24, 2.45) is 16.9 Å². The zero-order valence-electron chi connectivity index (χ0n) is 9.75. The topological polar surface area (TPSA) is 86.2 Å². The van der Waals surface area contributed by atoms with E-state index in [1.54, 1.807) is 0 Å². The van der Waals surface area contributed by atoms with E-state index < -0.39 is 46.8 Å². The number of amides is 2. The third kappa shape index (κ3) is 1.31. The van der Waals surface area contributed by atoms with E-state index in [0.717, 1.165) is 0 Å². The molecule has 4 nitrogen and oxygen atoms in total. The lowest BCUT2D eigenvalue weighted by atomic mass is 9.62. The van der Waals surface area contributed by atoms with Crippen molar-refractivity contribution in [1.29, 1.82) is 0 Å². The molecule has 0 aromatic carbocycles. The predicted molar refractivity (Wildman–Crippen MR) is 45.6 cm³/mol. The van der Waals surface area contributed by atoms with Crippen molar-refractivity contribution >= 4 is 11.8 Å². The summed E-state index contributed by atoms with van der Waals surface area (Å²) in [5.41, 5.74) is 1.87. The minimum atomic E-state index is -7.32. The van der Waals surface area contributed by atoms with Crippen LogP contribution >= 0.6 is 0 Å². The standard InChI is InChI=1S/C8H4F10N2O2/c9-4(10)3(1(19)21,2(20)22)5(11,12)7(15,16)8(17,18)6(4,13)14/h(H2,19,21)(H2,20,22). The second-order valence-electron chi connectivity index (χ2n) is 4.35. The molecule has 14 heteroatoms. The van der Waals surface area contributed by atoms with Gasteiger partial charge in [-0.05, 0) is 0 Å². The van der Waals surface area contributed by atoms with E-state index in [-0.39, 0.29) is 0 Å². The fourth-order valence-electron chi connectivity index (χ4n) is 2.00. The summed E-state index contributed by atoms with van der Waals surface area (Å²) < 4.78 is 132. The second kappa shape index (κ2) is 3.95. The average molecular weight is 350 g/mol. The Morgan fingerprint density at radius 1 is 0.500 bits per heavy atom. The van der Waals surface area contributed by atoms with Gasteiger partial charge in [0.25, 0.3) is 5.41 Å². The van der Waals surface area contributed by atoms with Gasteiger partial charge in [0.2, 0.25) is 11.8 Å². The molecule has 1 aliphatic rings. The summed E-state index contributed by atoms with van der Waals surface area (Å²) in [6.07, 6.45) is 0. The van der Waals surface area contributed by atoms with Crippen LogP contribution in [0.15, 0.2) is 0 Å². The normalized spacial score (nSPS) is 29.5. The highest BCUT2D eigenvalue weighted by atomic mass is 19.4. The number of primary amides is 2. The van der Waals surface area contributed by atoms with Crippen LogP contribution in [0.3, 0.4) is 0 Å². The molecule has 0 unspecified atom stereocenters. The van der Waals surface area contributed by atoms with Gasteiger partial charge in [0.15, 0.2) is 0 Å². The highest BCUT2D eigenvalue weighted by Gasteiger charge is 3.03. The maximum atomic E-state index is 13.5. The molecule has 0 bridgehead atoms. The second-order valence-corrected chi connectivity index (χ2v) is 4.35. The number of alkyl halides is 10. The molecule has 1 rings (SSSR count). The Morgan fingerprint density at radius 3 is 0.864 bits per heavy atom. The van der Waals surface area contributed by atoms with Crippen LogP contribution in [-0.4, -0.2) is 41.4 Å². The van der Waals surface area contributed by atoms with E-state index in [1.807, 2.05) is 0 Å². The smallest absolute Gasteiger partial charge is 0.368 e. The molecule has 0 spiro atoms. The van der Waals surface area contributed by atoms with Crippen LogP contribution in [0.4, 0.5) is 43.9 Å². The lowest BCUT2D eigenvalue weighted by Gasteiger charge is -2.53. The monoisotopic (exact) mass is 350 g/mol. The van der Waals surface area contributed by atoms with Crippen molar-refractivity contribution in [3.63, 3.8) is 0 Å². The van der Waals surface area contributed by atoms with Crippen LogP contribution < -0.4 is 11.5 Å². The summed E-state index contributed by atoms with van der Waals surface area (Å²) in [5, 5.41) is 0. The van der Waals surface area contributed by atoms with Crippen molar-refractivity contribution in [2.45, 2.75) is 29.6 Å². The lowest BCUT2D eigenvalue weighted by Crippen LogP contribution is -2.86. The molecule has 22 heavy (non-hydrogen) atoms. The van der Waals surface area contributed by atoms with E-state index >= 15 is 0 Å². The van der Waals surface area contributed by atoms with Gasteiger partial charge in [0.1, 0.15) is 0 Å². The lowest BCUT2D eigenvalue weighted by molar-refractivity contribution is -0.470. The Balaban J connectivity index is 4.09. The molecular formula is C8H4F10N2O2. The summed E-state index contributed by atoms with van der Waals surface area (Å²) in [4.78, 5) is 21.6.